The highest BCUT2D eigenvalue weighted by Crippen LogP contribution is 2.17. The van der Waals surface area contributed by atoms with Crippen LogP contribution < -0.4 is 10.1 Å². The van der Waals surface area contributed by atoms with Crippen molar-refractivity contribution in [3.05, 3.63) is 29.8 Å². The highest BCUT2D eigenvalue weighted by molar-refractivity contribution is 5.33. The third kappa shape index (κ3) is 8.02. The quantitative estimate of drug-likeness (QED) is 0.569. The molecule has 0 heterocycles. The molecule has 0 radical (unpaired) electrons. The molecular weight excluding hydrogens is 270 g/mol. The Hall–Kier alpha value is -1.14. The Morgan fingerprint density at radius 2 is 1.95 bits per heavy atom. The van der Waals surface area contributed by atoms with Crippen molar-refractivity contribution >= 4 is 0 Å². The van der Waals surface area contributed by atoms with Gasteiger partial charge in [0.2, 0.25) is 0 Å². The van der Waals surface area contributed by atoms with Gasteiger partial charge in [-0.15, -0.1) is 0 Å². The van der Waals surface area contributed by atoms with Gasteiger partial charge in [0.15, 0.2) is 0 Å². The number of aliphatic hydroxyl groups excluding tert-OH is 1. The van der Waals surface area contributed by atoms with Gasteiger partial charge < -0.3 is 24.6 Å². The molecule has 2 N–H and O–H groups in total. The minimum absolute atomic E-state index is 0.328. The van der Waals surface area contributed by atoms with Gasteiger partial charge in [-0.1, -0.05) is 18.2 Å². The van der Waals surface area contributed by atoms with Crippen molar-refractivity contribution in [2.75, 3.05) is 46.6 Å². The van der Waals surface area contributed by atoms with Gasteiger partial charge in [0.25, 0.3) is 0 Å². The Kier molecular flexibility index (Phi) is 9.82. The lowest BCUT2D eigenvalue weighted by atomic mass is 10.1. The van der Waals surface area contributed by atoms with E-state index in [2.05, 4.69) is 5.32 Å². The zero-order valence-electron chi connectivity index (χ0n) is 13.0. The molecule has 1 aromatic carbocycles. The number of nitrogens with one attached hydrogen (secondary N) is 1. The van der Waals surface area contributed by atoms with Crippen molar-refractivity contribution in [2.45, 2.75) is 19.4 Å². The topological polar surface area (TPSA) is 60.0 Å². The number of methoxy groups -OCH3 is 1. The van der Waals surface area contributed by atoms with Crippen LogP contribution in [0.4, 0.5) is 0 Å². The van der Waals surface area contributed by atoms with Crippen LogP contribution in [0.15, 0.2) is 24.3 Å². The predicted molar refractivity (Wildman–Crippen MR) is 82.9 cm³/mol. The van der Waals surface area contributed by atoms with E-state index in [1.807, 2.05) is 31.2 Å². The Bertz CT molecular complexity index is 373. The van der Waals surface area contributed by atoms with Gasteiger partial charge in [-0.2, -0.15) is 0 Å². The summed E-state index contributed by atoms with van der Waals surface area (Å²) in [5.74, 6) is 0.902. The zero-order valence-corrected chi connectivity index (χ0v) is 13.0. The maximum Gasteiger partial charge on any atom is 0.122 e. The van der Waals surface area contributed by atoms with Crippen molar-refractivity contribution in [3.63, 3.8) is 0 Å². The summed E-state index contributed by atoms with van der Waals surface area (Å²) >= 11 is 0. The fraction of sp³-hybridized carbons (Fsp3) is 0.625. The van der Waals surface area contributed by atoms with Crippen LogP contribution in [-0.4, -0.2) is 57.8 Å². The number of aliphatic hydroxyl groups is 1. The lowest BCUT2D eigenvalue weighted by molar-refractivity contribution is 0.00659. The van der Waals surface area contributed by atoms with E-state index in [0.29, 0.717) is 33.0 Å². The summed E-state index contributed by atoms with van der Waals surface area (Å²) in [4.78, 5) is 0. The monoisotopic (exact) mass is 297 g/mol. The molecule has 1 aromatic rings. The van der Waals surface area contributed by atoms with Crippen LogP contribution in [0.3, 0.4) is 0 Å². The molecule has 0 saturated heterocycles. The molecular formula is C16H27NO4. The summed E-state index contributed by atoms with van der Waals surface area (Å²) in [5.41, 5.74) is 1.16. The van der Waals surface area contributed by atoms with Gasteiger partial charge in [0, 0.05) is 13.2 Å². The largest absolute Gasteiger partial charge is 0.496 e. The fourth-order valence-corrected chi connectivity index (χ4v) is 1.94. The number of benzene rings is 1. The molecule has 0 bridgehead atoms. The first kappa shape index (κ1) is 17.9. The average Bonchev–Trinajstić information content (AvgIpc) is 2.51. The fourth-order valence-electron chi connectivity index (χ4n) is 1.94. The molecule has 1 unspecified atom stereocenters. The van der Waals surface area contributed by atoms with Crippen LogP contribution in [0.2, 0.25) is 0 Å². The molecule has 0 saturated carbocycles. The summed E-state index contributed by atoms with van der Waals surface area (Å²) < 4.78 is 15.8. The predicted octanol–water partition coefficient (Wildman–Crippen LogP) is 1.24. The number of hydrogen-bond donors (Lipinski definition) is 2. The molecule has 21 heavy (non-hydrogen) atoms. The molecule has 1 atom stereocenters. The van der Waals surface area contributed by atoms with E-state index < -0.39 is 6.10 Å². The minimum atomic E-state index is -0.496. The van der Waals surface area contributed by atoms with Crippen molar-refractivity contribution in [1.29, 1.82) is 0 Å². The van der Waals surface area contributed by atoms with Crippen molar-refractivity contribution in [1.82, 2.24) is 5.32 Å². The smallest absolute Gasteiger partial charge is 0.122 e. The van der Waals surface area contributed by atoms with E-state index in [-0.39, 0.29) is 0 Å². The van der Waals surface area contributed by atoms with Crippen molar-refractivity contribution in [2.24, 2.45) is 0 Å². The van der Waals surface area contributed by atoms with Gasteiger partial charge in [0.1, 0.15) is 5.75 Å². The highest BCUT2D eigenvalue weighted by Gasteiger charge is 2.05. The summed E-state index contributed by atoms with van der Waals surface area (Å²) in [5, 5.41) is 13.0. The van der Waals surface area contributed by atoms with Crippen LogP contribution in [0.1, 0.15) is 12.5 Å². The number of rotatable bonds is 12. The molecule has 120 valence electrons. The third-order valence-electron chi connectivity index (χ3n) is 3.03. The molecule has 0 amide bonds. The minimum Gasteiger partial charge on any atom is -0.496 e. The number of para-hydroxylation sites is 1. The SMILES string of the molecule is CCOCCOCC(O)CNCCc1ccccc1OC. The lowest BCUT2D eigenvalue weighted by Gasteiger charge is -2.13. The van der Waals surface area contributed by atoms with Gasteiger partial charge in [0.05, 0.1) is 33.0 Å². The van der Waals surface area contributed by atoms with Crippen LogP contribution >= 0.6 is 0 Å². The molecule has 0 aliphatic carbocycles. The second-order valence-electron chi connectivity index (χ2n) is 4.69. The van der Waals surface area contributed by atoms with Crippen LogP contribution in [0.25, 0.3) is 0 Å². The second kappa shape index (κ2) is 11.5. The van der Waals surface area contributed by atoms with E-state index in [9.17, 15) is 5.11 Å². The van der Waals surface area contributed by atoms with E-state index in [1.54, 1.807) is 7.11 Å². The van der Waals surface area contributed by atoms with Crippen LogP contribution in [0, 0.1) is 0 Å². The summed E-state index contributed by atoms with van der Waals surface area (Å²) in [6.07, 6.45) is 0.367. The Morgan fingerprint density at radius 1 is 1.19 bits per heavy atom. The normalized spacial score (nSPS) is 12.3. The lowest BCUT2D eigenvalue weighted by Crippen LogP contribution is -2.32. The average molecular weight is 297 g/mol. The molecule has 0 aliphatic heterocycles. The van der Waals surface area contributed by atoms with Gasteiger partial charge >= 0.3 is 0 Å². The van der Waals surface area contributed by atoms with Crippen LogP contribution in [-0.2, 0) is 15.9 Å². The Morgan fingerprint density at radius 3 is 2.71 bits per heavy atom. The number of ether oxygens (including phenoxy) is 3. The van der Waals surface area contributed by atoms with Crippen molar-refractivity contribution < 1.29 is 19.3 Å². The van der Waals surface area contributed by atoms with E-state index in [4.69, 9.17) is 14.2 Å². The summed E-state index contributed by atoms with van der Waals surface area (Å²) in [7, 11) is 1.68. The maximum absolute atomic E-state index is 9.75. The van der Waals surface area contributed by atoms with E-state index in [0.717, 1.165) is 24.3 Å². The Balaban J connectivity index is 2.07. The molecule has 1 rings (SSSR count). The standard InChI is InChI=1S/C16H27NO4/c1-3-20-10-11-21-13-15(18)12-17-9-8-14-6-4-5-7-16(14)19-2/h4-7,15,17-18H,3,8-13H2,1-2H3. The molecule has 0 aliphatic rings. The third-order valence-corrected chi connectivity index (χ3v) is 3.03. The molecule has 0 spiro atoms. The Labute approximate surface area is 127 Å². The zero-order chi connectivity index (χ0) is 15.3. The highest BCUT2D eigenvalue weighted by atomic mass is 16.5. The van der Waals surface area contributed by atoms with Gasteiger partial charge in [-0.05, 0) is 31.5 Å². The maximum atomic E-state index is 9.75. The summed E-state index contributed by atoms with van der Waals surface area (Å²) in [6, 6.07) is 7.96. The van der Waals surface area contributed by atoms with Crippen molar-refractivity contribution in [3.8, 4) is 5.75 Å². The first-order valence-corrected chi connectivity index (χ1v) is 7.44. The van der Waals surface area contributed by atoms with E-state index in [1.165, 1.54) is 0 Å². The summed E-state index contributed by atoms with van der Waals surface area (Å²) in [6.45, 7) is 5.36. The van der Waals surface area contributed by atoms with Crippen LogP contribution in [0.5, 0.6) is 5.75 Å². The second-order valence-corrected chi connectivity index (χ2v) is 4.69. The molecule has 5 nitrogen and oxygen atoms in total. The molecule has 0 aromatic heterocycles. The molecule has 5 heteroatoms. The first-order valence-electron chi connectivity index (χ1n) is 7.44. The number of hydrogen-bond acceptors (Lipinski definition) is 5. The van der Waals surface area contributed by atoms with Gasteiger partial charge in [-0.25, -0.2) is 0 Å². The molecule has 0 fully saturated rings. The van der Waals surface area contributed by atoms with E-state index >= 15 is 0 Å². The first-order chi connectivity index (χ1) is 10.3. The van der Waals surface area contributed by atoms with Gasteiger partial charge in [-0.3, -0.25) is 0 Å².